The van der Waals surface area contributed by atoms with Crippen molar-refractivity contribution in [2.24, 2.45) is 7.05 Å². The number of nitrogens with zero attached hydrogens (tertiary/aromatic N) is 3. The zero-order chi connectivity index (χ0) is 11.9. The Morgan fingerprint density at radius 3 is 2.38 bits per heavy atom. The summed E-state index contributed by atoms with van der Waals surface area (Å²) in [6.45, 7) is 8.88. The van der Waals surface area contributed by atoms with Gasteiger partial charge in [0.15, 0.2) is 0 Å². The average Bonchev–Trinajstić information content (AvgIpc) is 2.60. The molecule has 2 aromatic heterocycles. The van der Waals surface area contributed by atoms with Gasteiger partial charge in [0.1, 0.15) is 0 Å². The van der Waals surface area contributed by atoms with Crippen LogP contribution in [0, 0.1) is 0 Å². The van der Waals surface area contributed by atoms with Gasteiger partial charge in [-0.15, -0.1) is 0 Å². The smallest absolute Gasteiger partial charge is 0.242 e. The van der Waals surface area contributed by atoms with Crippen molar-refractivity contribution >= 4 is 5.65 Å². The Morgan fingerprint density at radius 1 is 1.12 bits per heavy atom. The second kappa shape index (κ2) is 3.89. The first-order valence-electron chi connectivity index (χ1n) is 5.88. The van der Waals surface area contributed by atoms with E-state index in [0.717, 1.165) is 5.65 Å². The van der Waals surface area contributed by atoms with Gasteiger partial charge in [-0.2, -0.15) is 0 Å². The summed E-state index contributed by atoms with van der Waals surface area (Å²) < 4.78 is 4.40. The van der Waals surface area contributed by atoms with Gasteiger partial charge >= 0.3 is 0 Å². The van der Waals surface area contributed by atoms with E-state index in [9.17, 15) is 0 Å². The van der Waals surface area contributed by atoms with Gasteiger partial charge in [-0.3, -0.25) is 0 Å². The Morgan fingerprint density at radius 2 is 1.81 bits per heavy atom. The van der Waals surface area contributed by atoms with E-state index in [1.807, 2.05) is 6.33 Å². The molecule has 3 heteroatoms. The minimum absolute atomic E-state index is 0.486. The van der Waals surface area contributed by atoms with Gasteiger partial charge in [-0.25, -0.2) is 8.97 Å². The Kier molecular flexibility index (Phi) is 2.70. The second-order valence-corrected chi connectivity index (χ2v) is 4.97. The molecule has 86 valence electrons. The summed E-state index contributed by atoms with van der Waals surface area (Å²) in [5, 5.41) is 0. The Bertz CT molecular complexity index is 509. The molecule has 0 fully saturated rings. The van der Waals surface area contributed by atoms with E-state index in [1.165, 1.54) is 11.5 Å². The second-order valence-electron chi connectivity index (χ2n) is 4.97. The molecule has 16 heavy (non-hydrogen) atoms. The molecule has 3 nitrogen and oxygen atoms in total. The standard InChI is InChI=1S/C13H20N3/c1-9(2)11-6-7-12-14-8-15(5)13(10(3)4)16(11)12/h6-10H,1-5H3/q+1. The number of rotatable bonds is 2. The van der Waals surface area contributed by atoms with Gasteiger partial charge in [-0.05, 0) is 6.07 Å². The van der Waals surface area contributed by atoms with E-state index in [1.54, 1.807) is 0 Å². The van der Waals surface area contributed by atoms with Crippen LogP contribution in [-0.4, -0.2) is 9.38 Å². The summed E-state index contributed by atoms with van der Waals surface area (Å²) >= 11 is 0. The molecule has 2 aromatic rings. The lowest BCUT2D eigenvalue weighted by Gasteiger charge is -2.10. The van der Waals surface area contributed by atoms with E-state index in [4.69, 9.17) is 0 Å². The van der Waals surface area contributed by atoms with E-state index in [2.05, 4.69) is 60.8 Å². The van der Waals surface area contributed by atoms with Crippen LogP contribution in [0.3, 0.4) is 0 Å². The maximum atomic E-state index is 4.45. The number of aryl methyl sites for hydroxylation is 1. The van der Waals surface area contributed by atoms with Crippen LogP contribution in [0.15, 0.2) is 18.5 Å². The molecule has 0 amide bonds. The first-order chi connectivity index (χ1) is 7.52. The predicted octanol–water partition coefficient (Wildman–Crippen LogP) is 2.41. The summed E-state index contributed by atoms with van der Waals surface area (Å²) in [6.07, 6.45) is 1.90. The molecule has 0 saturated heterocycles. The average molecular weight is 218 g/mol. The fourth-order valence-electron chi connectivity index (χ4n) is 2.27. The number of fused-ring (bicyclic) bond motifs is 1. The molecular formula is C13H20N3+. The molecule has 0 aliphatic carbocycles. The molecule has 0 aromatic carbocycles. The number of aromatic nitrogens is 3. The van der Waals surface area contributed by atoms with Crippen molar-refractivity contribution in [1.29, 1.82) is 0 Å². The predicted molar refractivity (Wildman–Crippen MR) is 64.5 cm³/mol. The number of hydrogen-bond acceptors (Lipinski definition) is 1. The normalized spacial score (nSPS) is 11.9. The molecule has 0 aliphatic heterocycles. The third-order valence-corrected chi connectivity index (χ3v) is 2.95. The van der Waals surface area contributed by atoms with Crippen molar-refractivity contribution in [3.63, 3.8) is 0 Å². The van der Waals surface area contributed by atoms with Crippen molar-refractivity contribution in [2.75, 3.05) is 0 Å². The third-order valence-electron chi connectivity index (χ3n) is 2.95. The van der Waals surface area contributed by atoms with Crippen LogP contribution < -0.4 is 4.57 Å². The first kappa shape index (κ1) is 11.1. The highest BCUT2D eigenvalue weighted by Crippen LogP contribution is 2.21. The van der Waals surface area contributed by atoms with E-state index in [0.29, 0.717) is 11.8 Å². The minimum atomic E-state index is 0.486. The first-order valence-corrected chi connectivity index (χ1v) is 5.88. The van der Waals surface area contributed by atoms with Crippen molar-refractivity contribution in [1.82, 2.24) is 9.38 Å². The lowest BCUT2D eigenvalue weighted by Crippen LogP contribution is -2.38. The molecule has 0 atom stereocenters. The van der Waals surface area contributed by atoms with Crippen LogP contribution in [0.25, 0.3) is 5.65 Å². The maximum Gasteiger partial charge on any atom is 0.270 e. The molecule has 2 rings (SSSR count). The van der Waals surface area contributed by atoms with Crippen molar-refractivity contribution in [2.45, 2.75) is 39.5 Å². The summed E-state index contributed by atoms with van der Waals surface area (Å²) in [5.74, 6) is 2.31. The zero-order valence-electron chi connectivity index (χ0n) is 10.7. The highest BCUT2D eigenvalue weighted by molar-refractivity contribution is 5.42. The monoisotopic (exact) mass is 218 g/mol. The van der Waals surface area contributed by atoms with Crippen LogP contribution in [0.5, 0.6) is 0 Å². The largest absolute Gasteiger partial charge is 0.270 e. The Labute approximate surface area is 96.8 Å². The molecule has 0 spiro atoms. The summed E-state index contributed by atoms with van der Waals surface area (Å²) in [7, 11) is 2.06. The maximum absolute atomic E-state index is 4.45. The molecule has 2 heterocycles. The van der Waals surface area contributed by atoms with Crippen LogP contribution >= 0.6 is 0 Å². The van der Waals surface area contributed by atoms with Crippen LogP contribution in [-0.2, 0) is 7.05 Å². The van der Waals surface area contributed by atoms with E-state index >= 15 is 0 Å². The van der Waals surface area contributed by atoms with Gasteiger partial charge in [0.05, 0.1) is 12.7 Å². The Hall–Kier alpha value is -1.38. The summed E-state index contributed by atoms with van der Waals surface area (Å²) in [6, 6.07) is 4.28. The molecule has 0 radical (unpaired) electrons. The third kappa shape index (κ3) is 1.60. The quantitative estimate of drug-likeness (QED) is 0.709. The van der Waals surface area contributed by atoms with E-state index in [-0.39, 0.29) is 0 Å². The Balaban J connectivity index is 2.82. The molecule has 0 saturated carbocycles. The van der Waals surface area contributed by atoms with Gasteiger partial charge < -0.3 is 0 Å². The van der Waals surface area contributed by atoms with Crippen molar-refractivity contribution < 1.29 is 4.57 Å². The molecular weight excluding hydrogens is 198 g/mol. The lowest BCUT2D eigenvalue weighted by atomic mass is 10.1. The molecule has 0 N–H and O–H groups in total. The molecule has 0 unspecified atom stereocenters. The summed E-state index contributed by atoms with van der Waals surface area (Å²) in [5.41, 5.74) is 2.38. The fourth-order valence-corrected chi connectivity index (χ4v) is 2.27. The SMILES string of the molecule is CC(C)c1ccc2nc[n+](C)c(C(C)C)n12. The topological polar surface area (TPSA) is 21.2 Å². The van der Waals surface area contributed by atoms with Crippen molar-refractivity contribution in [3.8, 4) is 0 Å². The van der Waals surface area contributed by atoms with Crippen LogP contribution in [0.2, 0.25) is 0 Å². The van der Waals surface area contributed by atoms with Gasteiger partial charge in [0.25, 0.3) is 5.65 Å². The minimum Gasteiger partial charge on any atom is -0.242 e. The van der Waals surface area contributed by atoms with E-state index < -0.39 is 0 Å². The molecule has 0 bridgehead atoms. The lowest BCUT2D eigenvalue weighted by molar-refractivity contribution is -0.687. The van der Waals surface area contributed by atoms with Crippen LogP contribution in [0.4, 0.5) is 0 Å². The molecule has 0 aliphatic rings. The van der Waals surface area contributed by atoms with Gasteiger partial charge in [0.2, 0.25) is 12.2 Å². The number of hydrogen-bond donors (Lipinski definition) is 0. The van der Waals surface area contributed by atoms with Crippen molar-refractivity contribution in [3.05, 3.63) is 30.0 Å². The highest BCUT2D eigenvalue weighted by Gasteiger charge is 2.20. The van der Waals surface area contributed by atoms with Gasteiger partial charge in [0, 0.05) is 17.9 Å². The highest BCUT2D eigenvalue weighted by atomic mass is 15.2. The fraction of sp³-hybridized carbons (Fsp3) is 0.538. The van der Waals surface area contributed by atoms with Gasteiger partial charge in [-0.1, -0.05) is 32.7 Å². The summed E-state index contributed by atoms with van der Waals surface area (Å²) in [4.78, 5) is 4.45. The zero-order valence-corrected chi connectivity index (χ0v) is 10.7. The van der Waals surface area contributed by atoms with Crippen LogP contribution in [0.1, 0.15) is 51.0 Å².